The van der Waals surface area contributed by atoms with E-state index in [-0.39, 0.29) is 11.5 Å². The summed E-state index contributed by atoms with van der Waals surface area (Å²) >= 11 is 5.97. The summed E-state index contributed by atoms with van der Waals surface area (Å²) in [6.45, 7) is 0. The predicted molar refractivity (Wildman–Crippen MR) is 76.3 cm³/mol. The van der Waals surface area contributed by atoms with Crippen LogP contribution in [0.2, 0.25) is 0 Å². The number of benzene rings is 1. The minimum Gasteiger partial charge on any atom is -0.496 e. The summed E-state index contributed by atoms with van der Waals surface area (Å²) in [5.41, 5.74) is 0.415. The molecule has 1 fully saturated rings. The first-order valence-corrected chi connectivity index (χ1v) is 6.40. The van der Waals surface area contributed by atoms with Crippen molar-refractivity contribution >= 4 is 46.3 Å². The summed E-state index contributed by atoms with van der Waals surface area (Å²) in [5.74, 6) is -1.03. The number of carbonyl (C=O) groups excluding carboxylic acids is 1. The Kier molecular flexibility index (Phi) is 3.87. The first-order valence-electron chi connectivity index (χ1n) is 5.18. The van der Waals surface area contributed by atoms with Crippen molar-refractivity contribution in [2.75, 3.05) is 7.11 Å². The van der Waals surface area contributed by atoms with Gasteiger partial charge in [0.05, 0.1) is 17.6 Å². The molecule has 0 atom stereocenters. The number of thioether (sulfide) groups is 1. The molecule has 0 saturated carbocycles. The minimum atomic E-state index is -1.09. The van der Waals surface area contributed by atoms with Crippen molar-refractivity contribution in [1.82, 2.24) is 5.32 Å². The number of carbonyl (C=O) groups is 2. The van der Waals surface area contributed by atoms with Crippen molar-refractivity contribution in [3.63, 3.8) is 0 Å². The summed E-state index contributed by atoms with van der Waals surface area (Å²) < 4.78 is 5.48. The summed E-state index contributed by atoms with van der Waals surface area (Å²) in [5, 5.41) is 11.6. The number of hydrogen-bond donors (Lipinski definition) is 2. The van der Waals surface area contributed by atoms with Crippen LogP contribution in [0.1, 0.15) is 15.9 Å². The van der Waals surface area contributed by atoms with E-state index in [0.29, 0.717) is 20.5 Å². The van der Waals surface area contributed by atoms with Crippen LogP contribution in [0.3, 0.4) is 0 Å². The van der Waals surface area contributed by atoms with E-state index in [9.17, 15) is 9.59 Å². The van der Waals surface area contributed by atoms with Gasteiger partial charge in [-0.2, -0.15) is 0 Å². The predicted octanol–water partition coefficient (Wildman–Crippen LogP) is 1.88. The molecule has 1 saturated heterocycles. The molecule has 19 heavy (non-hydrogen) atoms. The number of carboxylic acids is 1. The Morgan fingerprint density at radius 1 is 1.53 bits per heavy atom. The zero-order valence-corrected chi connectivity index (χ0v) is 11.4. The van der Waals surface area contributed by atoms with Gasteiger partial charge in [0, 0.05) is 5.56 Å². The molecule has 2 rings (SSSR count). The molecule has 0 radical (unpaired) electrons. The van der Waals surface area contributed by atoms with Crippen molar-refractivity contribution in [2.45, 2.75) is 0 Å². The quantitative estimate of drug-likeness (QED) is 0.655. The fraction of sp³-hybridized carbons (Fsp3) is 0.0833. The number of amides is 1. The Hall–Kier alpha value is -1.86. The number of hydrogen-bond acceptors (Lipinski definition) is 5. The van der Waals surface area contributed by atoms with Crippen molar-refractivity contribution in [3.8, 4) is 5.75 Å². The lowest BCUT2D eigenvalue weighted by atomic mass is 10.1. The first-order chi connectivity index (χ1) is 9.02. The van der Waals surface area contributed by atoms with Gasteiger partial charge in [-0.15, -0.1) is 0 Å². The van der Waals surface area contributed by atoms with E-state index < -0.39 is 5.97 Å². The van der Waals surface area contributed by atoms with Gasteiger partial charge in [-0.25, -0.2) is 4.79 Å². The van der Waals surface area contributed by atoms with Crippen LogP contribution in [0.4, 0.5) is 0 Å². The highest BCUT2D eigenvalue weighted by Gasteiger charge is 2.24. The molecular weight excluding hydrogens is 286 g/mol. The van der Waals surface area contributed by atoms with Crippen LogP contribution in [0.25, 0.3) is 6.08 Å². The molecule has 0 unspecified atom stereocenters. The van der Waals surface area contributed by atoms with E-state index in [4.69, 9.17) is 22.1 Å². The first kappa shape index (κ1) is 13.6. The lowest BCUT2D eigenvalue weighted by molar-refractivity contribution is -0.115. The number of ether oxygens (including phenoxy) is 1. The number of aromatic carboxylic acids is 1. The monoisotopic (exact) mass is 295 g/mol. The summed E-state index contributed by atoms with van der Waals surface area (Å²) in [6.07, 6.45) is 1.47. The third kappa shape index (κ3) is 2.77. The van der Waals surface area contributed by atoms with Crippen LogP contribution in [0, 0.1) is 0 Å². The average molecular weight is 295 g/mol. The maximum Gasteiger partial charge on any atom is 0.336 e. The van der Waals surface area contributed by atoms with E-state index >= 15 is 0 Å². The Labute approximate surface area is 118 Å². The van der Waals surface area contributed by atoms with Crippen LogP contribution in [-0.2, 0) is 4.79 Å². The molecule has 1 aliphatic heterocycles. The number of carboxylic acid groups (broad SMARTS) is 1. The van der Waals surface area contributed by atoms with Crippen molar-refractivity contribution in [2.24, 2.45) is 0 Å². The Balaban J connectivity index is 2.55. The molecule has 1 aromatic carbocycles. The highest BCUT2D eigenvalue weighted by atomic mass is 32.2. The molecule has 1 aliphatic rings. The lowest BCUT2D eigenvalue weighted by Crippen LogP contribution is -2.17. The molecule has 0 bridgehead atoms. The van der Waals surface area contributed by atoms with Crippen molar-refractivity contribution in [1.29, 1.82) is 0 Å². The zero-order valence-electron chi connectivity index (χ0n) is 9.80. The van der Waals surface area contributed by atoms with Gasteiger partial charge < -0.3 is 15.2 Å². The molecule has 2 N–H and O–H groups in total. The molecule has 98 valence electrons. The fourth-order valence-electron chi connectivity index (χ4n) is 1.61. The Bertz CT molecular complexity index is 610. The fourth-order valence-corrected chi connectivity index (χ4v) is 2.64. The van der Waals surface area contributed by atoms with Gasteiger partial charge in [-0.1, -0.05) is 30.0 Å². The normalized spacial score (nSPS) is 16.6. The maximum absolute atomic E-state index is 11.6. The molecule has 1 heterocycles. The second-order valence-corrected chi connectivity index (χ2v) is 5.30. The lowest BCUT2D eigenvalue weighted by Gasteiger charge is -2.08. The molecule has 1 amide bonds. The highest BCUT2D eigenvalue weighted by molar-refractivity contribution is 8.26. The van der Waals surface area contributed by atoms with Crippen LogP contribution >= 0.6 is 24.0 Å². The number of methoxy groups -OCH3 is 1. The van der Waals surface area contributed by atoms with Gasteiger partial charge in [0.2, 0.25) is 0 Å². The Morgan fingerprint density at radius 3 is 2.79 bits per heavy atom. The largest absolute Gasteiger partial charge is 0.496 e. The van der Waals surface area contributed by atoms with Crippen LogP contribution in [0.15, 0.2) is 23.1 Å². The molecule has 0 aliphatic carbocycles. The van der Waals surface area contributed by atoms with Gasteiger partial charge >= 0.3 is 5.97 Å². The van der Waals surface area contributed by atoms with Crippen LogP contribution in [-0.4, -0.2) is 28.4 Å². The van der Waals surface area contributed by atoms with Gasteiger partial charge in [0.25, 0.3) is 5.91 Å². The second kappa shape index (κ2) is 5.41. The molecule has 0 spiro atoms. The van der Waals surface area contributed by atoms with Crippen LogP contribution < -0.4 is 10.1 Å². The van der Waals surface area contributed by atoms with Crippen molar-refractivity contribution < 1.29 is 19.4 Å². The van der Waals surface area contributed by atoms with Gasteiger partial charge in [0.15, 0.2) is 0 Å². The van der Waals surface area contributed by atoms with Crippen molar-refractivity contribution in [3.05, 3.63) is 34.2 Å². The van der Waals surface area contributed by atoms with E-state index in [0.717, 1.165) is 11.8 Å². The van der Waals surface area contributed by atoms with Gasteiger partial charge in [0.1, 0.15) is 10.1 Å². The molecule has 1 aromatic rings. The maximum atomic E-state index is 11.6. The smallest absolute Gasteiger partial charge is 0.336 e. The Morgan fingerprint density at radius 2 is 2.26 bits per heavy atom. The van der Waals surface area contributed by atoms with Gasteiger partial charge in [-0.05, 0) is 18.2 Å². The summed E-state index contributed by atoms with van der Waals surface area (Å²) in [7, 11) is 1.44. The van der Waals surface area contributed by atoms with E-state index in [2.05, 4.69) is 5.32 Å². The number of rotatable bonds is 3. The van der Waals surface area contributed by atoms with Gasteiger partial charge in [-0.3, -0.25) is 4.79 Å². The third-order valence-electron chi connectivity index (χ3n) is 2.43. The minimum absolute atomic E-state index is 0.0677. The molecule has 5 nitrogen and oxygen atoms in total. The van der Waals surface area contributed by atoms with E-state index in [1.807, 2.05) is 0 Å². The standard InChI is InChI=1S/C12H9NO4S2/c1-17-8-4-2-3-6(11(15)16)7(8)5-9-10(14)13-12(18)19-9/h2-5H,1H3,(H,15,16)(H,13,14,18). The van der Waals surface area contributed by atoms with E-state index in [1.165, 1.54) is 19.3 Å². The molecule has 0 aromatic heterocycles. The number of nitrogens with one attached hydrogen (secondary N) is 1. The molecular formula is C12H9NO4S2. The SMILES string of the molecule is COc1cccc(C(=O)O)c1C=C1SC(=S)NC1=O. The second-order valence-electron chi connectivity index (χ2n) is 3.58. The van der Waals surface area contributed by atoms with Crippen LogP contribution in [0.5, 0.6) is 5.75 Å². The summed E-state index contributed by atoms with van der Waals surface area (Å²) in [6, 6.07) is 4.67. The topological polar surface area (TPSA) is 75.6 Å². The third-order valence-corrected chi connectivity index (χ3v) is 3.60. The molecule has 7 heteroatoms. The average Bonchev–Trinajstić information content (AvgIpc) is 2.67. The number of thiocarbonyl (C=S) groups is 1. The van der Waals surface area contributed by atoms with E-state index in [1.54, 1.807) is 12.1 Å². The highest BCUT2D eigenvalue weighted by Crippen LogP contribution is 2.31. The zero-order chi connectivity index (χ0) is 14.0. The summed E-state index contributed by atoms with van der Waals surface area (Å²) in [4.78, 5) is 23.1.